The smallest absolute Gasteiger partial charge is 0.299 e. The molecule has 0 aliphatic rings. The first-order valence-electron chi connectivity index (χ1n) is 6.61. The van der Waals surface area contributed by atoms with E-state index in [0.29, 0.717) is 25.1 Å². The van der Waals surface area contributed by atoms with Crippen LogP contribution in [-0.4, -0.2) is 14.1 Å². The number of rotatable bonds is 6. The van der Waals surface area contributed by atoms with Crippen LogP contribution in [0.5, 0.6) is 0 Å². The van der Waals surface area contributed by atoms with Gasteiger partial charge in [0.15, 0.2) is 0 Å². The highest BCUT2D eigenvalue weighted by atomic mass is 16.6. The third kappa shape index (κ3) is 2.96. The minimum Gasteiger partial charge on any atom is -0.299 e. The number of para-hydroxylation sites is 1. The molecule has 0 saturated heterocycles. The van der Waals surface area contributed by atoms with E-state index < -0.39 is 0 Å². The standard InChI is InChI=1S/C14H17N3O3/c1-2-8-15-10-11-16(14(15)18)9-7-12-5-3-4-6-13(12)17(19)20/h3-6,10-11H,2,7-9H2,1H3. The van der Waals surface area contributed by atoms with Crippen LogP contribution in [0.3, 0.4) is 0 Å². The molecule has 0 N–H and O–H groups in total. The zero-order valence-corrected chi connectivity index (χ0v) is 11.4. The van der Waals surface area contributed by atoms with Gasteiger partial charge in [-0.05, 0) is 12.8 Å². The molecule has 1 aromatic heterocycles. The predicted molar refractivity (Wildman–Crippen MR) is 75.8 cm³/mol. The summed E-state index contributed by atoms with van der Waals surface area (Å²) in [5.74, 6) is 0. The summed E-state index contributed by atoms with van der Waals surface area (Å²) in [5.41, 5.74) is 0.687. The average Bonchev–Trinajstić information content (AvgIpc) is 2.78. The molecule has 1 aromatic carbocycles. The molecule has 0 radical (unpaired) electrons. The molecule has 1 heterocycles. The minimum atomic E-state index is -0.389. The lowest BCUT2D eigenvalue weighted by molar-refractivity contribution is -0.385. The minimum absolute atomic E-state index is 0.0644. The molecule has 6 nitrogen and oxygen atoms in total. The monoisotopic (exact) mass is 275 g/mol. The molecule has 2 rings (SSSR count). The summed E-state index contributed by atoms with van der Waals surface area (Å²) in [7, 11) is 0. The third-order valence-electron chi connectivity index (χ3n) is 3.19. The van der Waals surface area contributed by atoms with Gasteiger partial charge in [-0.1, -0.05) is 25.1 Å². The van der Waals surface area contributed by atoms with Crippen LogP contribution in [0, 0.1) is 10.1 Å². The largest absolute Gasteiger partial charge is 0.328 e. The van der Waals surface area contributed by atoms with Crippen molar-refractivity contribution in [1.29, 1.82) is 0 Å². The van der Waals surface area contributed by atoms with E-state index in [9.17, 15) is 14.9 Å². The van der Waals surface area contributed by atoms with Crippen molar-refractivity contribution in [3.05, 3.63) is 62.8 Å². The van der Waals surface area contributed by atoms with E-state index in [1.807, 2.05) is 6.92 Å². The molecule has 2 aromatic rings. The maximum Gasteiger partial charge on any atom is 0.328 e. The summed E-state index contributed by atoms with van der Waals surface area (Å²) in [6.45, 7) is 3.15. The second-order valence-corrected chi connectivity index (χ2v) is 4.60. The second kappa shape index (κ2) is 6.18. The van der Waals surface area contributed by atoms with Crippen LogP contribution < -0.4 is 5.69 Å². The van der Waals surface area contributed by atoms with Gasteiger partial charge in [-0.3, -0.25) is 19.2 Å². The Morgan fingerprint density at radius 1 is 1.15 bits per heavy atom. The molecule has 106 valence electrons. The van der Waals surface area contributed by atoms with Crippen LogP contribution in [0.4, 0.5) is 5.69 Å². The highest BCUT2D eigenvalue weighted by Gasteiger charge is 2.12. The fourth-order valence-electron chi connectivity index (χ4n) is 2.18. The van der Waals surface area contributed by atoms with Crippen molar-refractivity contribution >= 4 is 5.69 Å². The summed E-state index contributed by atoms with van der Waals surface area (Å²) in [4.78, 5) is 22.5. The molecule has 6 heteroatoms. The van der Waals surface area contributed by atoms with Gasteiger partial charge in [0.05, 0.1) is 4.92 Å². The number of aromatic nitrogens is 2. The van der Waals surface area contributed by atoms with Gasteiger partial charge in [-0.2, -0.15) is 0 Å². The first-order valence-corrected chi connectivity index (χ1v) is 6.61. The molecule has 0 aliphatic heterocycles. The lowest BCUT2D eigenvalue weighted by Crippen LogP contribution is -2.24. The SMILES string of the molecule is CCCn1ccn(CCc2ccccc2[N+](=O)[O-])c1=O. The van der Waals surface area contributed by atoms with Gasteiger partial charge in [0.1, 0.15) is 0 Å². The van der Waals surface area contributed by atoms with Crippen LogP contribution in [0.15, 0.2) is 41.5 Å². The van der Waals surface area contributed by atoms with Gasteiger partial charge in [0.2, 0.25) is 0 Å². The topological polar surface area (TPSA) is 70.1 Å². The van der Waals surface area contributed by atoms with E-state index in [1.54, 1.807) is 39.7 Å². The van der Waals surface area contributed by atoms with Gasteiger partial charge >= 0.3 is 5.69 Å². The summed E-state index contributed by atoms with van der Waals surface area (Å²) < 4.78 is 3.24. The Morgan fingerprint density at radius 2 is 1.80 bits per heavy atom. The predicted octanol–water partition coefficient (Wildman–Crippen LogP) is 2.21. The molecule has 0 amide bonds. The van der Waals surface area contributed by atoms with Crippen LogP contribution in [-0.2, 0) is 19.5 Å². The summed E-state index contributed by atoms with van der Waals surface area (Å²) in [5, 5.41) is 10.9. The van der Waals surface area contributed by atoms with Crippen molar-refractivity contribution in [1.82, 2.24) is 9.13 Å². The Balaban J connectivity index is 2.13. The molecule has 0 aliphatic carbocycles. The van der Waals surface area contributed by atoms with E-state index in [2.05, 4.69) is 0 Å². The second-order valence-electron chi connectivity index (χ2n) is 4.60. The number of nitrogens with zero attached hydrogens (tertiary/aromatic N) is 3. The Hall–Kier alpha value is -2.37. The van der Waals surface area contributed by atoms with Gasteiger partial charge < -0.3 is 0 Å². The highest BCUT2D eigenvalue weighted by Crippen LogP contribution is 2.18. The third-order valence-corrected chi connectivity index (χ3v) is 3.19. The summed E-state index contributed by atoms with van der Waals surface area (Å²) >= 11 is 0. The first-order chi connectivity index (χ1) is 9.63. The van der Waals surface area contributed by atoms with Crippen LogP contribution in [0.25, 0.3) is 0 Å². The Morgan fingerprint density at radius 3 is 2.45 bits per heavy atom. The number of benzene rings is 1. The highest BCUT2D eigenvalue weighted by molar-refractivity contribution is 5.39. The lowest BCUT2D eigenvalue weighted by Gasteiger charge is -2.03. The first kappa shape index (κ1) is 14.0. The van der Waals surface area contributed by atoms with E-state index in [0.717, 1.165) is 6.42 Å². The van der Waals surface area contributed by atoms with Crippen molar-refractivity contribution in [3.63, 3.8) is 0 Å². The van der Waals surface area contributed by atoms with Gasteiger partial charge in [-0.15, -0.1) is 0 Å². The summed E-state index contributed by atoms with van der Waals surface area (Å²) in [6, 6.07) is 6.63. The number of hydrogen-bond donors (Lipinski definition) is 0. The Labute approximate surface area is 116 Å². The molecular weight excluding hydrogens is 258 g/mol. The molecule has 0 fully saturated rings. The molecule has 20 heavy (non-hydrogen) atoms. The van der Waals surface area contributed by atoms with E-state index in [-0.39, 0.29) is 16.3 Å². The zero-order chi connectivity index (χ0) is 14.5. The Kier molecular flexibility index (Phi) is 4.34. The molecule has 0 bridgehead atoms. The van der Waals surface area contributed by atoms with E-state index >= 15 is 0 Å². The number of imidazole rings is 1. The van der Waals surface area contributed by atoms with Gasteiger partial charge in [-0.25, -0.2) is 4.79 Å². The normalized spacial score (nSPS) is 10.7. The van der Waals surface area contributed by atoms with E-state index in [4.69, 9.17) is 0 Å². The number of nitro benzene ring substituents is 1. The average molecular weight is 275 g/mol. The van der Waals surface area contributed by atoms with Gasteiger partial charge in [0.25, 0.3) is 5.69 Å². The summed E-state index contributed by atoms with van der Waals surface area (Å²) in [6.07, 6.45) is 4.85. The molecule has 0 atom stereocenters. The van der Waals surface area contributed by atoms with Crippen molar-refractivity contribution in [2.75, 3.05) is 0 Å². The maximum atomic E-state index is 12.0. The van der Waals surface area contributed by atoms with Crippen molar-refractivity contribution in [3.8, 4) is 0 Å². The molecule has 0 spiro atoms. The van der Waals surface area contributed by atoms with Crippen LogP contribution in [0.2, 0.25) is 0 Å². The van der Waals surface area contributed by atoms with E-state index in [1.165, 1.54) is 6.07 Å². The van der Waals surface area contributed by atoms with Crippen LogP contribution in [0.1, 0.15) is 18.9 Å². The van der Waals surface area contributed by atoms with Crippen molar-refractivity contribution < 1.29 is 4.92 Å². The molecular formula is C14H17N3O3. The van der Waals surface area contributed by atoms with Crippen LogP contribution >= 0.6 is 0 Å². The number of nitro groups is 1. The quantitative estimate of drug-likeness (QED) is 0.599. The Bertz CT molecular complexity index is 658. The lowest BCUT2D eigenvalue weighted by atomic mass is 10.1. The maximum absolute atomic E-state index is 12.0. The van der Waals surface area contributed by atoms with Crippen molar-refractivity contribution in [2.45, 2.75) is 32.9 Å². The van der Waals surface area contributed by atoms with Crippen molar-refractivity contribution in [2.24, 2.45) is 0 Å². The number of aryl methyl sites for hydroxylation is 3. The molecule has 0 saturated carbocycles. The fraction of sp³-hybridized carbons (Fsp3) is 0.357. The zero-order valence-electron chi connectivity index (χ0n) is 11.4. The number of hydrogen-bond acceptors (Lipinski definition) is 3. The molecule has 0 unspecified atom stereocenters. The van der Waals surface area contributed by atoms with Gasteiger partial charge in [0, 0.05) is 37.1 Å². The fourth-order valence-corrected chi connectivity index (χ4v) is 2.18.